The maximum Gasteiger partial charge on any atom is 0.284 e. The van der Waals surface area contributed by atoms with E-state index in [4.69, 9.17) is 4.74 Å². The molecule has 100 valence electrons. The maximum absolute atomic E-state index is 13.5. The van der Waals surface area contributed by atoms with Gasteiger partial charge < -0.3 is 10.1 Å². The molecule has 1 saturated carbocycles. The topological polar surface area (TPSA) is 34.2 Å². The summed E-state index contributed by atoms with van der Waals surface area (Å²) >= 11 is 0. The van der Waals surface area contributed by atoms with Crippen molar-refractivity contribution >= 4 is 0 Å². The number of pyridine rings is 1. The van der Waals surface area contributed by atoms with Crippen molar-refractivity contribution in [2.24, 2.45) is 5.92 Å². The van der Waals surface area contributed by atoms with E-state index in [1.807, 2.05) is 20.0 Å². The lowest BCUT2D eigenvalue weighted by molar-refractivity contribution is -0.0614. The van der Waals surface area contributed by atoms with Gasteiger partial charge in [0.2, 0.25) is 5.88 Å². The smallest absolute Gasteiger partial charge is 0.284 e. The van der Waals surface area contributed by atoms with Crippen LogP contribution in [0.25, 0.3) is 0 Å². The number of aryl methyl sites for hydroxylation is 1. The van der Waals surface area contributed by atoms with Gasteiger partial charge in [0.05, 0.1) is 0 Å². The van der Waals surface area contributed by atoms with Crippen LogP contribution in [0.3, 0.4) is 0 Å². The van der Waals surface area contributed by atoms with Crippen LogP contribution in [0, 0.1) is 12.8 Å². The second-order valence-corrected chi connectivity index (χ2v) is 4.82. The lowest BCUT2D eigenvalue weighted by Gasteiger charge is -2.17. The fraction of sp³-hybridized carbons (Fsp3) is 0.615. The predicted octanol–water partition coefficient (Wildman–Crippen LogP) is 2.53. The molecule has 1 aromatic rings. The minimum absolute atomic E-state index is 0.301. The number of rotatable bonds is 6. The van der Waals surface area contributed by atoms with Crippen LogP contribution in [0.5, 0.6) is 5.88 Å². The summed E-state index contributed by atoms with van der Waals surface area (Å²) in [5.41, 5.74) is 1.80. The van der Waals surface area contributed by atoms with E-state index in [2.05, 4.69) is 10.3 Å². The molecule has 0 radical (unpaired) electrons. The van der Waals surface area contributed by atoms with E-state index in [1.165, 1.54) is 0 Å². The third kappa shape index (κ3) is 3.16. The highest BCUT2D eigenvalue weighted by Crippen LogP contribution is 2.43. The molecule has 1 aliphatic carbocycles. The zero-order valence-corrected chi connectivity index (χ0v) is 10.7. The van der Waals surface area contributed by atoms with Crippen LogP contribution in [0.1, 0.15) is 24.0 Å². The minimum Gasteiger partial charge on any atom is -0.471 e. The maximum atomic E-state index is 13.5. The molecule has 1 aliphatic rings. The normalized spacial score (nSPS) is 15.8. The summed E-state index contributed by atoms with van der Waals surface area (Å²) in [4.78, 5) is 4.08. The van der Waals surface area contributed by atoms with E-state index >= 15 is 0 Å². The van der Waals surface area contributed by atoms with E-state index in [-0.39, 0.29) is 0 Å². The minimum atomic E-state index is -2.72. The van der Waals surface area contributed by atoms with Crippen LogP contribution < -0.4 is 10.1 Å². The second-order valence-electron chi connectivity index (χ2n) is 4.82. The first-order valence-electron chi connectivity index (χ1n) is 6.13. The van der Waals surface area contributed by atoms with Crippen molar-refractivity contribution in [1.29, 1.82) is 0 Å². The van der Waals surface area contributed by atoms with Crippen molar-refractivity contribution in [3.8, 4) is 5.88 Å². The number of nitrogens with one attached hydrogen (secondary N) is 1. The molecule has 0 amide bonds. The number of alkyl halides is 2. The lowest BCUT2D eigenvalue weighted by atomic mass is 10.2. The third-order valence-corrected chi connectivity index (χ3v) is 3.04. The highest BCUT2D eigenvalue weighted by molar-refractivity contribution is 5.28. The Labute approximate surface area is 106 Å². The molecule has 0 saturated heterocycles. The largest absolute Gasteiger partial charge is 0.471 e. The second kappa shape index (κ2) is 5.18. The summed E-state index contributed by atoms with van der Waals surface area (Å²) in [6, 6.07) is 1.90. The summed E-state index contributed by atoms with van der Waals surface area (Å²) in [6.07, 6.45) is 2.85. The predicted molar refractivity (Wildman–Crippen MR) is 64.9 cm³/mol. The summed E-state index contributed by atoms with van der Waals surface area (Å²) in [5, 5.41) is 3.01. The van der Waals surface area contributed by atoms with Gasteiger partial charge in [0.15, 0.2) is 6.61 Å². The summed E-state index contributed by atoms with van der Waals surface area (Å²) in [5.74, 6) is -2.92. The Kier molecular flexibility index (Phi) is 3.80. The molecule has 0 spiro atoms. The molecule has 1 aromatic heterocycles. The monoisotopic (exact) mass is 256 g/mol. The van der Waals surface area contributed by atoms with Gasteiger partial charge in [-0.1, -0.05) is 0 Å². The van der Waals surface area contributed by atoms with Crippen molar-refractivity contribution < 1.29 is 13.5 Å². The molecule has 0 atom stereocenters. The van der Waals surface area contributed by atoms with Crippen LogP contribution in [0.4, 0.5) is 8.78 Å². The van der Waals surface area contributed by atoms with E-state index in [1.54, 1.807) is 6.20 Å². The van der Waals surface area contributed by atoms with Gasteiger partial charge in [0, 0.05) is 24.2 Å². The zero-order valence-electron chi connectivity index (χ0n) is 10.7. The van der Waals surface area contributed by atoms with Crippen molar-refractivity contribution in [2.75, 3.05) is 13.7 Å². The molecule has 1 heterocycles. The van der Waals surface area contributed by atoms with Crippen LogP contribution in [0.15, 0.2) is 12.3 Å². The zero-order chi connectivity index (χ0) is 13.2. The van der Waals surface area contributed by atoms with Gasteiger partial charge in [-0.3, -0.25) is 0 Å². The molecular weight excluding hydrogens is 238 g/mol. The number of ether oxygens (including phenoxy) is 1. The SMILES string of the molecule is CNCc1cnc(OCC(F)(F)C2CC2)c(C)c1. The number of nitrogens with zero attached hydrogens (tertiary/aromatic N) is 1. The Morgan fingerprint density at radius 2 is 2.22 bits per heavy atom. The third-order valence-electron chi connectivity index (χ3n) is 3.04. The Hall–Kier alpha value is -1.23. The van der Waals surface area contributed by atoms with E-state index < -0.39 is 18.4 Å². The Morgan fingerprint density at radius 1 is 1.50 bits per heavy atom. The van der Waals surface area contributed by atoms with Gasteiger partial charge in [-0.15, -0.1) is 0 Å². The number of hydrogen-bond donors (Lipinski definition) is 1. The van der Waals surface area contributed by atoms with Crippen LogP contribution in [0.2, 0.25) is 0 Å². The summed E-state index contributed by atoms with van der Waals surface area (Å²) in [6.45, 7) is 1.94. The molecule has 0 aromatic carbocycles. The summed E-state index contributed by atoms with van der Waals surface area (Å²) in [7, 11) is 1.84. The molecule has 2 rings (SSSR count). The van der Waals surface area contributed by atoms with Crippen LogP contribution >= 0.6 is 0 Å². The highest BCUT2D eigenvalue weighted by atomic mass is 19.3. The summed E-state index contributed by atoms with van der Waals surface area (Å²) < 4.78 is 32.1. The average molecular weight is 256 g/mol. The van der Waals surface area contributed by atoms with Gasteiger partial charge in [0.25, 0.3) is 5.92 Å². The van der Waals surface area contributed by atoms with Crippen molar-refractivity contribution in [3.05, 3.63) is 23.4 Å². The van der Waals surface area contributed by atoms with Crippen LogP contribution in [-0.2, 0) is 6.54 Å². The van der Waals surface area contributed by atoms with Crippen molar-refractivity contribution in [1.82, 2.24) is 10.3 Å². The Morgan fingerprint density at radius 3 is 2.78 bits per heavy atom. The number of aromatic nitrogens is 1. The Balaban J connectivity index is 1.96. The Bertz CT molecular complexity index is 419. The fourth-order valence-corrected chi connectivity index (χ4v) is 1.86. The van der Waals surface area contributed by atoms with Gasteiger partial charge in [-0.2, -0.15) is 0 Å². The quantitative estimate of drug-likeness (QED) is 0.849. The van der Waals surface area contributed by atoms with Crippen molar-refractivity contribution in [2.45, 2.75) is 32.2 Å². The van der Waals surface area contributed by atoms with E-state index in [9.17, 15) is 8.78 Å². The van der Waals surface area contributed by atoms with Crippen LogP contribution in [-0.4, -0.2) is 24.6 Å². The number of halogens is 2. The first-order chi connectivity index (χ1) is 8.53. The van der Waals surface area contributed by atoms with Gasteiger partial charge in [-0.25, -0.2) is 13.8 Å². The van der Waals surface area contributed by atoms with E-state index in [0.717, 1.165) is 11.1 Å². The molecular formula is C13H18F2N2O. The molecule has 1 N–H and O–H groups in total. The molecule has 0 unspecified atom stereocenters. The van der Waals surface area contributed by atoms with Gasteiger partial charge in [-0.05, 0) is 38.4 Å². The van der Waals surface area contributed by atoms with Gasteiger partial charge in [0.1, 0.15) is 0 Å². The first-order valence-corrected chi connectivity index (χ1v) is 6.13. The van der Waals surface area contributed by atoms with E-state index in [0.29, 0.717) is 25.3 Å². The molecule has 3 nitrogen and oxygen atoms in total. The fourth-order valence-electron chi connectivity index (χ4n) is 1.86. The number of hydrogen-bond acceptors (Lipinski definition) is 3. The van der Waals surface area contributed by atoms with Crippen molar-refractivity contribution in [3.63, 3.8) is 0 Å². The molecule has 0 bridgehead atoms. The average Bonchev–Trinajstić information content (AvgIpc) is 3.12. The molecule has 1 fully saturated rings. The standard InChI is InChI=1S/C13H18F2N2O/c1-9-5-10(6-16-2)7-17-12(9)18-8-13(14,15)11-3-4-11/h5,7,11,16H,3-4,6,8H2,1-2H3. The molecule has 0 aliphatic heterocycles. The van der Waals surface area contributed by atoms with Gasteiger partial charge >= 0.3 is 0 Å². The molecule has 18 heavy (non-hydrogen) atoms. The highest BCUT2D eigenvalue weighted by Gasteiger charge is 2.47. The molecule has 5 heteroatoms. The first kappa shape index (κ1) is 13.2. The lowest BCUT2D eigenvalue weighted by Crippen LogP contribution is -2.28.